The maximum absolute atomic E-state index is 11.9. The Morgan fingerprint density at radius 2 is 2.28 bits per heavy atom. The standard InChI is InChI=1S/C13H21NO4/c1-12(2,3)17-9-10-8-13(11(15)16-4)6-5-7-14(13)18-10/h8H,5-7,9H2,1-4H3. The number of ether oxygens (including phenoxy) is 2. The number of fused-ring (bicyclic) bond motifs is 1. The molecule has 0 bridgehead atoms. The van der Waals surface area contributed by atoms with Crippen LogP contribution in [-0.2, 0) is 19.1 Å². The van der Waals surface area contributed by atoms with Gasteiger partial charge in [-0.1, -0.05) is 0 Å². The molecule has 0 saturated carbocycles. The molecule has 1 unspecified atom stereocenters. The SMILES string of the molecule is COC(=O)C12C=C(COC(C)(C)C)ON1CCC2. The van der Waals surface area contributed by atoms with Crippen molar-refractivity contribution in [2.75, 3.05) is 20.3 Å². The van der Waals surface area contributed by atoms with E-state index in [2.05, 4.69) is 0 Å². The summed E-state index contributed by atoms with van der Waals surface area (Å²) < 4.78 is 10.6. The second-order valence-electron chi connectivity index (χ2n) is 5.72. The average Bonchev–Trinajstić information content (AvgIpc) is 2.81. The average molecular weight is 255 g/mol. The van der Waals surface area contributed by atoms with Gasteiger partial charge in [0.1, 0.15) is 12.4 Å². The lowest BCUT2D eigenvalue weighted by Crippen LogP contribution is -2.45. The Hall–Kier alpha value is -1.07. The van der Waals surface area contributed by atoms with Gasteiger partial charge in [0.2, 0.25) is 0 Å². The van der Waals surface area contributed by atoms with E-state index in [4.69, 9.17) is 14.3 Å². The van der Waals surface area contributed by atoms with E-state index in [9.17, 15) is 4.79 Å². The van der Waals surface area contributed by atoms with E-state index in [1.165, 1.54) is 7.11 Å². The van der Waals surface area contributed by atoms with Gasteiger partial charge in [-0.05, 0) is 39.7 Å². The lowest BCUT2D eigenvalue weighted by atomic mass is 9.97. The highest BCUT2D eigenvalue weighted by molar-refractivity contribution is 5.84. The van der Waals surface area contributed by atoms with E-state index in [0.717, 1.165) is 19.4 Å². The molecule has 102 valence electrons. The Bertz CT molecular complexity index is 372. The van der Waals surface area contributed by atoms with Gasteiger partial charge in [-0.15, -0.1) is 5.06 Å². The summed E-state index contributed by atoms with van der Waals surface area (Å²) in [6.45, 7) is 7.07. The molecule has 0 aliphatic carbocycles. The number of rotatable bonds is 3. The number of carbonyl (C=O) groups is 1. The molecule has 0 amide bonds. The van der Waals surface area contributed by atoms with Crippen molar-refractivity contribution in [1.29, 1.82) is 0 Å². The van der Waals surface area contributed by atoms with Crippen LogP contribution in [0.4, 0.5) is 0 Å². The van der Waals surface area contributed by atoms with Crippen LogP contribution in [0.5, 0.6) is 0 Å². The van der Waals surface area contributed by atoms with Gasteiger partial charge in [-0.25, -0.2) is 4.79 Å². The van der Waals surface area contributed by atoms with Gasteiger partial charge in [0.15, 0.2) is 5.54 Å². The Morgan fingerprint density at radius 1 is 1.56 bits per heavy atom. The van der Waals surface area contributed by atoms with E-state index in [1.807, 2.05) is 26.8 Å². The molecular weight excluding hydrogens is 234 g/mol. The summed E-state index contributed by atoms with van der Waals surface area (Å²) in [4.78, 5) is 17.6. The predicted octanol–water partition coefficient (Wildman–Crippen LogP) is 1.64. The van der Waals surface area contributed by atoms with Crippen molar-refractivity contribution in [3.63, 3.8) is 0 Å². The molecule has 1 fully saturated rings. The normalized spacial score (nSPS) is 27.7. The second-order valence-corrected chi connectivity index (χ2v) is 5.72. The van der Waals surface area contributed by atoms with Gasteiger partial charge in [0.25, 0.3) is 0 Å². The predicted molar refractivity (Wildman–Crippen MR) is 65.6 cm³/mol. The van der Waals surface area contributed by atoms with Crippen LogP contribution in [-0.4, -0.2) is 42.4 Å². The molecule has 1 atom stereocenters. The second kappa shape index (κ2) is 4.55. The number of hydrogen-bond donors (Lipinski definition) is 0. The van der Waals surface area contributed by atoms with E-state index in [0.29, 0.717) is 12.4 Å². The highest BCUT2D eigenvalue weighted by atomic mass is 16.7. The molecule has 0 aromatic heterocycles. The number of nitrogens with zero attached hydrogens (tertiary/aromatic N) is 1. The van der Waals surface area contributed by atoms with Crippen molar-refractivity contribution in [1.82, 2.24) is 5.06 Å². The summed E-state index contributed by atoms with van der Waals surface area (Å²) in [6, 6.07) is 0. The zero-order valence-electron chi connectivity index (χ0n) is 11.5. The van der Waals surface area contributed by atoms with Crippen molar-refractivity contribution in [3.8, 4) is 0 Å². The van der Waals surface area contributed by atoms with E-state index < -0.39 is 5.54 Å². The molecule has 5 heteroatoms. The van der Waals surface area contributed by atoms with Crippen LogP contribution in [0, 0.1) is 0 Å². The first-order chi connectivity index (χ1) is 8.37. The largest absolute Gasteiger partial charge is 0.467 e. The van der Waals surface area contributed by atoms with Crippen molar-refractivity contribution in [2.45, 2.75) is 44.8 Å². The maximum atomic E-state index is 11.9. The van der Waals surface area contributed by atoms with Crippen molar-refractivity contribution in [3.05, 3.63) is 11.8 Å². The molecule has 2 aliphatic rings. The van der Waals surface area contributed by atoms with Crippen LogP contribution >= 0.6 is 0 Å². The fourth-order valence-electron chi connectivity index (χ4n) is 2.32. The minimum atomic E-state index is -0.731. The summed E-state index contributed by atoms with van der Waals surface area (Å²) in [5.74, 6) is 0.431. The Kier molecular flexibility index (Phi) is 3.38. The fraction of sp³-hybridized carbons (Fsp3) is 0.769. The molecular formula is C13H21NO4. The molecule has 2 aliphatic heterocycles. The highest BCUT2D eigenvalue weighted by Gasteiger charge is 2.53. The van der Waals surface area contributed by atoms with Crippen molar-refractivity contribution >= 4 is 5.97 Å². The number of hydrogen-bond acceptors (Lipinski definition) is 5. The summed E-state index contributed by atoms with van der Waals surface area (Å²) in [7, 11) is 1.41. The first kappa shape index (κ1) is 13.4. The number of methoxy groups -OCH3 is 1. The van der Waals surface area contributed by atoms with Crippen LogP contribution < -0.4 is 0 Å². The minimum absolute atomic E-state index is 0.227. The molecule has 0 radical (unpaired) electrons. The summed E-state index contributed by atoms with van der Waals surface area (Å²) >= 11 is 0. The van der Waals surface area contributed by atoms with Crippen LogP contribution in [0.15, 0.2) is 11.8 Å². The molecule has 2 heterocycles. The summed E-state index contributed by atoms with van der Waals surface area (Å²) in [5, 5.41) is 1.71. The molecule has 0 aromatic rings. The molecule has 0 aromatic carbocycles. The van der Waals surface area contributed by atoms with Gasteiger partial charge >= 0.3 is 5.97 Å². The maximum Gasteiger partial charge on any atom is 0.333 e. The lowest BCUT2D eigenvalue weighted by Gasteiger charge is -2.25. The monoisotopic (exact) mass is 255 g/mol. The third kappa shape index (κ3) is 2.37. The van der Waals surface area contributed by atoms with E-state index in [-0.39, 0.29) is 11.6 Å². The molecule has 2 rings (SSSR count). The van der Waals surface area contributed by atoms with E-state index >= 15 is 0 Å². The van der Waals surface area contributed by atoms with Crippen molar-refractivity contribution < 1.29 is 19.1 Å². The molecule has 0 spiro atoms. The number of carbonyl (C=O) groups excluding carboxylic acids is 1. The number of hydroxylamine groups is 2. The zero-order valence-corrected chi connectivity index (χ0v) is 11.5. The smallest absolute Gasteiger partial charge is 0.333 e. The van der Waals surface area contributed by atoms with Crippen LogP contribution in [0.2, 0.25) is 0 Å². The van der Waals surface area contributed by atoms with Crippen LogP contribution in [0.3, 0.4) is 0 Å². The topological polar surface area (TPSA) is 48.0 Å². The van der Waals surface area contributed by atoms with Gasteiger partial charge < -0.3 is 14.3 Å². The van der Waals surface area contributed by atoms with Crippen LogP contribution in [0.25, 0.3) is 0 Å². The van der Waals surface area contributed by atoms with E-state index in [1.54, 1.807) is 5.06 Å². The molecule has 5 nitrogen and oxygen atoms in total. The highest BCUT2D eigenvalue weighted by Crippen LogP contribution is 2.39. The van der Waals surface area contributed by atoms with Gasteiger partial charge in [-0.2, -0.15) is 0 Å². The number of esters is 1. The zero-order chi connectivity index (χ0) is 13.4. The Labute approximate surface area is 108 Å². The Morgan fingerprint density at radius 3 is 2.89 bits per heavy atom. The van der Waals surface area contributed by atoms with Crippen LogP contribution in [0.1, 0.15) is 33.6 Å². The molecule has 1 saturated heterocycles. The summed E-state index contributed by atoms with van der Waals surface area (Å²) in [6.07, 6.45) is 3.51. The quantitative estimate of drug-likeness (QED) is 0.717. The minimum Gasteiger partial charge on any atom is -0.467 e. The van der Waals surface area contributed by atoms with Gasteiger partial charge in [0, 0.05) is 6.54 Å². The Balaban J connectivity index is 2.09. The first-order valence-corrected chi connectivity index (χ1v) is 6.27. The first-order valence-electron chi connectivity index (χ1n) is 6.27. The van der Waals surface area contributed by atoms with Gasteiger partial charge in [0.05, 0.1) is 12.7 Å². The third-order valence-electron chi connectivity index (χ3n) is 3.18. The van der Waals surface area contributed by atoms with Gasteiger partial charge in [-0.3, -0.25) is 0 Å². The lowest BCUT2D eigenvalue weighted by molar-refractivity contribution is -0.178. The van der Waals surface area contributed by atoms with Crippen molar-refractivity contribution in [2.24, 2.45) is 0 Å². The molecule has 18 heavy (non-hydrogen) atoms. The third-order valence-corrected chi connectivity index (χ3v) is 3.18. The summed E-state index contributed by atoms with van der Waals surface area (Å²) in [5.41, 5.74) is -0.957. The fourth-order valence-corrected chi connectivity index (χ4v) is 2.32. The molecule has 0 N–H and O–H groups in total.